The molecular formula is C17H19NO. The van der Waals surface area contributed by atoms with Crippen LogP contribution in [0.5, 0.6) is 0 Å². The summed E-state index contributed by atoms with van der Waals surface area (Å²) < 4.78 is 5.56. The molecule has 2 aromatic carbocycles. The molecule has 3 rings (SSSR count). The Morgan fingerprint density at radius 2 is 1.47 bits per heavy atom. The second-order valence-electron chi connectivity index (χ2n) is 5.14. The van der Waals surface area contributed by atoms with Gasteiger partial charge in [0.25, 0.3) is 0 Å². The molecule has 2 heteroatoms. The zero-order chi connectivity index (χ0) is 13.3. The minimum atomic E-state index is -0.0727. The summed E-state index contributed by atoms with van der Waals surface area (Å²) in [4.78, 5) is 0. The zero-order valence-corrected chi connectivity index (χ0v) is 11.4. The fourth-order valence-corrected chi connectivity index (χ4v) is 3.36. The number of ether oxygens (including phenoxy) is 1. The van der Waals surface area contributed by atoms with Crippen LogP contribution in [0, 0.1) is 0 Å². The van der Waals surface area contributed by atoms with Crippen molar-refractivity contribution in [3.63, 3.8) is 0 Å². The highest BCUT2D eigenvalue weighted by atomic mass is 16.5. The molecule has 0 bridgehead atoms. The molecule has 0 aromatic heterocycles. The molecule has 1 N–H and O–H groups in total. The molecule has 1 aliphatic carbocycles. The highest BCUT2D eigenvalue weighted by Crippen LogP contribution is 2.48. The van der Waals surface area contributed by atoms with E-state index in [2.05, 4.69) is 53.8 Å². The molecule has 0 spiro atoms. The summed E-state index contributed by atoms with van der Waals surface area (Å²) in [6.07, 6.45) is 0. The van der Waals surface area contributed by atoms with Crippen LogP contribution < -0.4 is 5.32 Å². The van der Waals surface area contributed by atoms with Gasteiger partial charge < -0.3 is 10.1 Å². The number of fused-ring (bicyclic) bond motifs is 3. The summed E-state index contributed by atoms with van der Waals surface area (Å²) in [5.41, 5.74) is 5.34. The van der Waals surface area contributed by atoms with Gasteiger partial charge in [-0.15, -0.1) is 0 Å². The van der Waals surface area contributed by atoms with Crippen LogP contribution in [0.4, 0.5) is 0 Å². The Labute approximate surface area is 114 Å². The quantitative estimate of drug-likeness (QED) is 0.904. The van der Waals surface area contributed by atoms with Crippen molar-refractivity contribution in [1.82, 2.24) is 5.32 Å². The third-order valence-electron chi connectivity index (χ3n) is 4.04. The zero-order valence-electron chi connectivity index (χ0n) is 11.4. The number of hydrogen-bond acceptors (Lipinski definition) is 2. The number of benzene rings is 2. The topological polar surface area (TPSA) is 21.3 Å². The van der Waals surface area contributed by atoms with Crippen molar-refractivity contribution in [3.05, 3.63) is 59.7 Å². The fraction of sp³-hybridized carbons (Fsp3) is 0.294. The first-order valence-corrected chi connectivity index (χ1v) is 6.66. The molecule has 19 heavy (non-hydrogen) atoms. The Hall–Kier alpha value is -1.64. The van der Waals surface area contributed by atoms with E-state index in [4.69, 9.17) is 4.74 Å². The first kappa shape index (κ1) is 12.4. The van der Waals surface area contributed by atoms with Crippen molar-refractivity contribution in [2.75, 3.05) is 27.3 Å². The Bertz CT molecular complexity index is 538. The number of rotatable bonds is 4. The standard InChI is InChI=1S/C17H19NO/c1-18-11-17(12-19-2)15-9-5-3-7-13(15)14-8-4-6-10-16(14)17/h3-10,18H,11-12H2,1-2H3. The second-order valence-corrected chi connectivity index (χ2v) is 5.14. The molecule has 2 aromatic rings. The number of nitrogens with one attached hydrogen (secondary N) is 1. The molecule has 1 aliphatic rings. The van der Waals surface area contributed by atoms with Crippen LogP contribution >= 0.6 is 0 Å². The first-order chi connectivity index (χ1) is 9.33. The third kappa shape index (κ3) is 1.71. The number of hydrogen-bond donors (Lipinski definition) is 1. The molecule has 0 aliphatic heterocycles. The van der Waals surface area contributed by atoms with Crippen LogP contribution in [-0.2, 0) is 10.2 Å². The van der Waals surface area contributed by atoms with Crippen molar-refractivity contribution in [2.24, 2.45) is 0 Å². The van der Waals surface area contributed by atoms with Crippen LogP contribution in [0.25, 0.3) is 11.1 Å². The Morgan fingerprint density at radius 3 is 1.95 bits per heavy atom. The van der Waals surface area contributed by atoms with Crippen molar-refractivity contribution < 1.29 is 4.74 Å². The van der Waals surface area contributed by atoms with Crippen molar-refractivity contribution in [3.8, 4) is 11.1 Å². The average Bonchev–Trinajstić information content (AvgIpc) is 2.72. The minimum Gasteiger partial charge on any atom is -0.383 e. The van der Waals surface area contributed by atoms with E-state index in [-0.39, 0.29) is 5.41 Å². The van der Waals surface area contributed by atoms with Gasteiger partial charge in [-0.25, -0.2) is 0 Å². The maximum atomic E-state index is 5.56. The molecule has 0 amide bonds. The van der Waals surface area contributed by atoms with Gasteiger partial charge in [0.2, 0.25) is 0 Å². The van der Waals surface area contributed by atoms with Gasteiger partial charge in [-0.2, -0.15) is 0 Å². The van der Waals surface area contributed by atoms with Gasteiger partial charge in [-0.3, -0.25) is 0 Å². The molecule has 0 atom stereocenters. The molecular weight excluding hydrogens is 234 g/mol. The van der Waals surface area contributed by atoms with Gasteiger partial charge in [-0.1, -0.05) is 48.5 Å². The summed E-state index contributed by atoms with van der Waals surface area (Å²) >= 11 is 0. The highest BCUT2D eigenvalue weighted by Gasteiger charge is 2.42. The van der Waals surface area contributed by atoms with Gasteiger partial charge in [-0.05, 0) is 29.3 Å². The highest BCUT2D eigenvalue weighted by molar-refractivity contribution is 5.81. The predicted molar refractivity (Wildman–Crippen MR) is 78.5 cm³/mol. The molecule has 0 unspecified atom stereocenters. The molecule has 2 nitrogen and oxygen atoms in total. The van der Waals surface area contributed by atoms with Gasteiger partial charge in [0.15, 0.2) is 0 Å². The van der Waals surface area contributed by atoms with Crippen molar-refractivity contribution in [2.45, 2.75) is 5.41 Å². The van der Waals surface area contributed by atoms with Crippen LogP contribution in [0.1, 0.15) is 11.1 Å². The Kier molecular flexibility index (Phi) is 3.13. The summed E-state index contributed by atoms with van der Waals surface area (Å²) in [6.45, 7) is 1.58. The van der Waals surface area contributed by atoms with Gasteiger partial charge in [0.1, 0.15) is 0 Å². The summed E-state index contributed by atoms with van der Waals surface area (Å²) in [5.74, 6) is 0. The SMILES string of the molecule is CNCC1(COC)c2ccccc2-c2ccccc21. The van der Waals surface area contributed by atoms with Crippen LogP contribution in [-0.4, -0.2) is 27.3 Å². The molecule has 0 saturated heterocycles. The van der Waals surface area contributed by atoms with E-state index in [1.165, 1.54) is 22.3 Å². The molecule has 0 fully saturated rings. The normalized spacial score (nSPS) is 15.1. The molecule has 0 heterocycles. The monoisotopic (exact) mass is 253 g/mol. The van der Waals surface area contributed by atoms with Crippen molar-refractivity contribution >= 4 is 0 Å². The van der Waals surface area contributed by atoms with E-state index >= 15 is 0 Å². The smallest absolute Gasteiger partial charge is 0.0612 e. The third-order valence-corrected chi connectivity index (χ3v) is 4.04. The maximum Gasteiger partial charge on any atom is 0.0612 e. The van der Waals surface area contributed by atoms with Crippen LogP contribution in [0.2, 0.25) is 0 Å². The maximum absolute atomic E-state index is 5.56. The largest absolute Gasteiger partial charge is 0.383 e. The Morgan fingerprint density at radius 1 is 0.947 bits per heavy atom. The second kappa shape index (κ2) is 4.80. The lowest BCUT2D eigenvalue weighted by Gasteiger charge is -2.31. The van der Waals surface area contributed by atoms with E-state index in [0.717, 1.165) is 6.54 Å². The summed E-state index contributed by atoms with van der Waals surface area (Å²) in [6, 6.07) is 17.3. The van der Waals surface area contributed by atoms with Crippen molar-refractivity contribution in [1.29, 1.82) is 0 Å². The predicted octanol–water partition coefficient (Wildman–Crippen LogP) is 2.82. The lowest BCUT2D eigenvalue weighted by molar-refractivity contribution is 0.149. The van der Waals surface area contributed by atoms with E-state index in [9.17, 15) is 0 Å². The average molecular weight is 253 g/mol. The number of likely N-dealkylation sites (N-methyl/N-ethyl adjacent to an activating group) is 1. The van der Waals surface area contributed by atoms with E-state index in [1.54, 1.807) is 7.11 Å². The van der Waals surface area contributed by atoms with Gasteiger partial charge in [0.05, 0.1) is 12.0 Å². The minimum absolute atomic E-state index is 0.0727. The van der Waals surface area contributed by atoms with Gasteiger partial charge in [0, 0.05) is 13.7 Å². The van der Waals surface area contributed by atoms with E-state index < -0.39 is 0 Å². The summed E-state index contributed by atoms with van der Waals surface area (Å²) in [7, 11) is 3.78. The van der Waals surface area contributed by atoms with E-state index in [0.29, 0.717) is 6.61 Å². The van der Waals surface area contributed by atoms with Crippen LogP contribution in [0.3, 0.4) is 0 Å². The number of methoxy groups -OCH3 is 1. The summed E-state index contributed by atoms with van der Waals surface area (Å²) in [5, 5.41) is 3.34. The van der Waals surface area contributed by atoms with Gasteiger partial charge >= 0.3 is 0 Å². The molecule has 0 saturated carbocycles. The molecule has 0 radical (unpaired) electrons. The molecule has 98 valence electrons. The first-order valence-electron chi connectivity index (χ1n) is 6.66. The van der Waals surface area contributed by atoms with E-state index in [1.807, 2.05) is 7.05 Å². The lowest BCUT2D eigenvalue weighted by Crippen LogP contribution is -2.40. The fourth-order valence-electron chi connectivity index (χ4n) is 3.36. The van der Waals surface area contributed by atoms with Crippen LogP contribution in [0.15, 0.2) is 48.5 Å². The lowest BCUT2D eigenvalue weighted by atomic mass is 9.79. The Balaban J connectivity index is 2.28.